The van der Waals surface area contributed by atoms with Gasteiger partial charge in [0.25, 0.3) is 11.8 Å². The first-order valence-corrected chi connectivity index (χ1v) is 4.92. The Balaban J connectivity index is 2.22. The molecule has 2 aliphatic heterocycles. The summed E-state index contributed by atoms with van der Waals surface area (Å²) in [4.78, 5) is 47.5. The van der Waals surface area contributed by atoms with E-state index in [1.54, 1.807) is 0 Å². The normalized spacial score (nSPS) is 22.6. The highest BCUT2D eigenvalue weighted by atomic mass is 16.2. The zero-order valence-corrected chi connectivity index (χ0v) is 8.67. The molecule has 6 nitrogen and oxygen atoms in total. The van der Waals surface area contributed by atoms with Gasteiger partial charge in [-0.05, 0) is 6.92 Å². The van der Waals surface area contributed by atoms with Gasteiger partial charge in [0.1, 0.15) is 6.17 Å². The summed E-state index contributed by atoms with van der Waals surface area (Å²) < 4.78 is 0. The van der Waals surface area contributed by atoms with Gasteiger partial charge in [-0.1, -0.05) is 0 Å². The molecule has 0 saturated carbocycles. The second kappa shape index (κ2) is 3.55. The fourth-order valence-electron chi connectivity index (χ4n) is 1.91. The smallest absolute Gasteiger partial charge is 0.255 e. The Morgan fingerprint density at radius 1 is 0.938 bits per heavy atom. The first kappa shape index (κ1) is 10.5. The van der Waals surface area contributed by atoms with E-state index in [4.69, 9.17) is 0 Å². The minimum atomic E-state index is -0.836. The van der Waals surface area contributed by atoms with Crippen LogP contribution in [-0.4, -0.2) is 39.6 Å². The van der Waals surface area contributed by atoms with Crippen LogP contribution in [0.5, 0.6) is 0 Å². The van der Waals surface area contributed by atoms with Crippen LogP contribution >= 0.6 is 0 Å². The fraction of sp³-hybridized carbons (Fsp3) is 0.400. The zero-order chi connectivity index (χ0) is 11.9. The van der Waals surface area contributed by atoms with Crippen LogP contribution in [0.3, 0.4) is 0 Å². The van der Waals surface area contributed by atoms with E-state index in [2.05, 4.69) is 0 Å². The molecule has 0 bridgehead atoms. The Hall–Kier alpha value is -1.98. The number of carbonyl (C=O) groups is 4. The summed E-state index contributed by atoms with van der Waals surface area (Å²) in [5.74, 6) is -1.68. The lowest BCUT2D eigenvalue weighted by atomic mass is 10.4. The lowest BCUT2D eigenvalue weighted by Crippen LogP contribution is -2.51. The van der Waals surface area contributed by atoms with Crippen LogP contribution in [0.25, 0.3) is 0 Å². The molecule has 6 heteroatoms. The van der Waals surface area contributed by atoms with Crippen molar-refractivity contribution in [2.45, 2.75) is 25.9 Å². The Morgan fingerprint density at radius 3 is 1.81 bits per heavy atom. The molecular formula is C10H10N2O4. The van der Waals surface area contributed by atoms with Crippen LogP contribution in [0, 0.1) is 0 Å². The van der Waals surface area contributed by atoms with Crippen LogP contribution in [0.15, 0.2) is 12.2 Å². The molecule has 0 aromatic rings. The summed E-state index contributed by atoms with van der Waals surface area (Å²) >= 11 is 0. The Kier molecular flexibility index (Phi) is 2.34. The molecule has 1 atom stereocenters. The highest BCUT2D eigenvalue weighted by molar-refractivity contribution is 6.14. The molecule has 2 heterocycles. The predicted molar refractivity (Wildman–Crippen MR) is 51.5 cm³/mol. The van der Waals surface area contributed by atoms with Gasteiger partial charge in [0.05, 0.1) is 0 Å². The van der Waals surface area contributed by atoms with Crippen LogP contribution in [-0.2, 0) is 19.2 Å². The molecule has 2 rings (SSSR count). The zero-order valence-electron chi connectivity index (χ0n) is 8.67. The molecule has 0 radical (unpaired) electrons. The first-order valence-electron chi connectivity index (χ1n) is 4.92. The standard InChI is InChI=1S/C10H10N2O4/c1-6(11-7(13)2-3-8(11)14)12-9(15)4-5-10(12)16/h2-3,6H,4-5H2,1H3. The lowest BCUT2D eigenvalue weighted by molar-refractivity contribution is -0.151. The van der Waals surface area contributed by atoms with Crippen molar-refractivity contribution in [2.75, 3.05) is 0 Å². The number of carbonyl (C=O) groups excluding carboxylic acids is 4. The maximum atomic E-state index is 11.4. The van der Waals surface area contributed by atoms with Crippen molar-refractivity contribution in [3.63, 3.8) is 0 Å². The summed E-state index contributed by atoms with van der Waals surface area (Å²) in [6.45, 7) is 1.49. The summed E-state index contributed by atoms with van der Waals surface area (Å²) in [6.07, 6.45) is 1.71. The highest BCUT2D eigenvalue weighted by Gasteiger charge is 2.40. The number of likely N-dealkylation sites (tertiary alicyclic amines) is 1. The van der Waals surface area contributed by atoms with Crippen molar-refractivity contribution in [3.8, 4) is 0 Å². The molecular weight excluding hydrogens is 212 g/mol. The van der Waals surface area contributed by atoms with E-state index in [0.717, 1.165) is 22.0 Å². The average Bonchev–Trinajstić information content (AvgIpc) is 2.71. The van der Waals surface area contributed by atoms with Gasteiger partial charge in [-0.15, -0.1) is 0 Å². The van der Waals surface area contributed by atoms with Gasteiger partial charge >= 0.3 is 0 Å². The Labute approximate surface area is 91.5 Å². The van der Waals surface area contributed by atoms with Gasteiger partial charge in [0.15, 0.2) is 0 Å². The minimum Gasteiger partial charge on any atom is -0.274 e. The van der Waals surface area contributed by atoms with E-state index in [1.807, 2.05) is 0 Å². The molecule has 1 fully saturated rings. The number of nitrogens with zero attached hydrogens (tertiary/aromatic N) is 2. The predicted octanol–water partition coefficient (Wildman–Crippen LogP) is -0.594. The average molecular weight is 222 g/mol. The van der Waals surface area contributed by atoms with Gasteiger partial charge < -0.3 is 0 Å². The molecule has 0 aromatic carbocycles. The minimum absolute atomic E-state index is 0.146. The molecule has 0 N–H and O–H groups in total. The van der Waals surface area contributed by atoms with Crippen molar-refractivity contribution in [1.82, 2.24) is 9.80 Å². The van der Waals surface area contributed by atoms with Crippen LogP contribution in [0.1, 0.15) is 19.8 Å². The second-order valence-corrected chi connectivity index (χ2v) is 3.67. The van der Waals surface area contributed by atoms with Crippen LogP contribution in [0.4, 0.5) is 0 Å². The topological polar surface area (TPSA) is 74.8 Å². The van der Waals surface area contributed by atoms with Crippen LogP contribution in [0.2, 0.25) is 0 Å². The maximum Gasteiger partial charge on any atom is 0.255 e. The van der Waals surface area contributed by atoms with Crippen molar-refractivity contribution in [3.05, 3.63) is 12.2 Å². The SMILES string of the molecule is CC(N1C(=O)C=CC1=O)N1C(=O)CCC1=O. The highest BCUT2D eigenvalue weighted by Crippen LogP contribution is 2.20. The van der Waals surface area contributed by atoms with Gasteiger partial charge in [-0.25, -0.2) is 0 Å². The summed E-state index contributed by atoms with van der Waals surface area (Å²) in [5.41, 5.74) is 0. The van der Waals surface area contributed by atoms with E-state index in [-0.39, 0.29) is 24.7 Å². The van der Waals surface area contributed by atoms with Crippen molar-refractivity contribution in [2.24, 2.45) is 0 Å². The summed E-state index contributed by atoms with van der Waals surface area (Å²) in [7, 11) is 0. The van der Waals surface area contributed by atoms with Crippen molar-refractivity contribution >= 4 is 23.6 Å². The first-order chi connectivity index (χ1) is 7.52. The number of imide groups is 2. The fourth-order valence-corrected chi connectivity index (χ4v) is 1.91. The Bertz CT molecular complexity index is 391. The molecule has 16 heavy (non-hydrogen) atoms. The van der Waals surface area contributed by atoms with E-state index in [1.165, 1.54) is 6.92 Å². The molecule has 1 saturated heterocycles. The molecule has 0 spiro atoms. The van der Waals surface area contributed by atoms with Crippen molar-refractivity contribution in [1.29, 1.82) is 0 Å². The number of amides is 4. The second-order valence-electron chi connectivity index (χ2n) is 3.67. The van der Waals surface area contributed by atoms with Gasteiger partial charge in [0.2, 0.25) is 11.8 Å². The van der Waals surface area contributed by atoms with Gasteiger partial charge in [-0.3, -0.25) is 29.0 Å². The third kappa shape index (κ3) is 1.42. The maximum absolute atomic E-state index is 11.4. The van der Waals surface area contributed by atoms with E-state index in [0.29, 0.717) is 0 Å². The van der Waals surface area contributed by atoms with E-state index < -0.39 is 18.0 Å². The molecule has 4 amide bonds. The third-order valence-corrected chi connectivity index (χ3v) is 2.68. The third-order valence-electron chi connectivity index (χ3n) is 2.68. The molecule has 1 unspecified atom stereocenters. The lowest BCUT2D eigenvalue weighted by Gasteiger charge is -2.29. The van der Waals surface area contributed by atoms with E-state index >= 15 is 0 Å². The number of hydrogen-bond donors (Lipinski definition) is 0. The van der Waals surface area contributed by atoms with Crippen LogP contribution < -0.4 is 0 Å². The Morgan fingerprint density at radius 2 is 1.38 bits per heavy atom. The van der Waals surface area contributed by atoms with Gasteiger partial charge in [-0.2, -0.15) is 0 Å². The molecule has 2 aliphatic rings. The van der Waals surface area contributed by atoms with Gasteiger partial charge in [0, 0.05) is 25.0 Å². The number of hydrogen-bond acceptors (Lipinski definition) is 4. The van der Waals surface area contributed by atoms with Crippen molar-refractivity contribution < 1.29 is 19.2 Å². The largest absolute Gasteiger partial charge is 0.274 e. The van der Waals surface area contributed by atoms with E-state index in [9.17, 15) is 19.2 Å². The summed E-state index contributed by atoms with van der Waals surface area (Å²) in [6, 6.07) is 0. The number of rotatable bonds is 2. The molecule has 0 aliphatic carbocycles. The quantitative estimate of drug-likeness (QED) is 0.585. The molecule has 84 valence electrons. The molecule has 0 aromatic heterocycles. The summed E-state index contributed by atoms with van der Waals surface area (Å²) in [5, 5.41) is 0. The monoisotopic (exact) mass is 222 g/mol.